The molecule has 0 atom stereocenters. The topological polar surface area (TPSA) is 86.7 Å². The number of carbonyl (C=O) groups excluding carboxylic acids is 2. The smallest absolute Gasteiger partial charge is 0.303 e. The van der Waals surface area contributed by atoms with Crippen molar-refractivity contribution in [3.8, 4) is 0 Å². The minimum Gasteiger partial charge on any atom is -0.481 e. The van der Waals surface area contributed by atoms with E-state index in [1.807, 2.05) is 38.1 Å². The van der Waals surface area contributed by atoms with Gasteiger partial charge in [-0.25, -0.2) is 0 Å². The van der Waals surface area contributed by atoms with Gasteiger partial charge in [-0.15, -0.1) is 0 Å². The van der Waals surface area contributed by atoms with Gasteiger partial charge in [0.15, 0.2) is 0 Å². The summed E-state index contributed by atoms with van der Waals surface area (Å²) < 4.78 is 0. The van der Waals surface area contributed by atoms with Crippen LogP contribution in [0.25, 0.3) is 0 Å². The van der Waals surface area contributed by atoms with Gasteiger partial charge in [-0.1, -0.05) is 12.1 Å². The highest BCUT2D eigenvalue weighted by Gasteiger charge is 2.13. The molecular formula is C18H26N2O4. The average molecular weight is 334 g/mol. The summed E-state index contributed by atoms with van der Waals surface area (Å²) in [6.07, 6.45) is 1.45. The second-order valence-corrected chi connectivity index (χ2v) is 6.09. The molecule has 1 aromatic rings. The third-order valence-corrected chi connectivity index (χ3v) is 3.66. The van der Waals surface area contributed by atoms with E-state index in [9.17, 15) is 14.4 Å². The summed E-state index contributed by atoms with van der Waals surface area (Å²) in [6, 6.07) is 7.52. The minimum absolute atomic E-state index is 0.0312. The van der Waals surface area contributed by atoms with E-state index in [1.54, 1.807) is 11.8 Å². The molecule has 0 unspecified atom stereocenters. The molecular weight excluding hydrogens is 308 g/mol. The molecule has 0 aliphatic carbocycles. The molecule has 24 heavy (non-hydrogen) atoms. The second kappa shape index (κ2) is 9.70. The van der Waals surface area contributed by atoms with Gasteiger partial charge in [0.2, 0.25) is 11.8 Å². The Bertz CT molecular complexity index is 567. The molecule has 2 N–H and O–H groups in total. The number of anilines is 1. The largest absolute Gasteiger partial charge is 0.481 e. The van der Waals surface area contributed by atoms with E-state index in [2.05, 4.69) is 5.32 Å². The second-order valence-electron chi connectivity index (χ2n) is 6.09. The van der Waals surface area contributed by atoms with Gasteiger partial charge in [-0.2, -0.15) is 0 Å². The highest BCUT2D eigenvalue weighted by atomic mass is 16.4. The van der Waals surface area contributed by atoms with Gasteiger partial charge >= 0.3 is 5.97 Å². The summed E-state index contributed by atoms with van der Waals surface area (Å²) in [6.45, 7) is 6.04. The Labute approximate surface area is 142 Å². The summed E-state index contributed by atoms with van der Waals surface area (Å²) in [7, 11) is 0. The fourth-order valence-corrected chi connectivity index (χ4v) is 2.33. The molecule has 0 saturated carbocycles. The highest BCUT2D eigenvalue weighted by Crippen LogP contribution is 2.14. The van der Waals surface area contributed by atoms with Crippen LogP contribution in [0.3, 0.4) is 0 Å². The molecule has 0 radical (unpaired) electrons. The number of rotatable bonds is 9. The van der Waals surface area contributed by atoms with E-state index >= 15 is 0 Å². The molecule has 0 aliphatic rings. The lowest BCUT2D eigenvalue weighted by Crippen LogP contribution is -2.34. The Morgan fingerprint density at radius 2 is 1.67 bits per heavy atom. The van der Waals surface area contributed by atoms with Gasteiger partial charge in [0.25, 0.3) is 0 Å². The molecule has 0 aromatic heterocycles. The van der Waals surface area contributed by atoms with E-state index in [0.29, 0.717) is 31.5 Å². The van der Waals surface area contributed by atoms with Crippen molar-refractivity contribution in [3.63, 3.8) is 0 Å². The van der Waals surface area contributed by atoms with Crippen LogP contribution < -0.4 is 5.32 Å². The van der Waals surface area contributed by atoms with Gasteiger partial charge in [0, 0.05) is 38.0 Å². The van der Waals surface area contributed by atoms with Crippen LogP contribution in [0.15, 0.2) is 24.3 Å². The number of hydrogen-bond donors (Lipinski definition) is 2. The molecule has 0 spiro atoms. The predicted molar refractivity (Wildman–Crippen MR) is 92.5 cm³/mol. The van der Waals surface area contributed by atoms with E-state index in [-0.39, 0.29) is 24.3 Å². The zero-order valence-electron chi connectivity index (χ0n) is 14.5. The lowest BCUT2D eigenvalue weighted by atomic mass is 10.1. The number of carbonyl (C=O) groups is 3. The van der Waals surface area contributed by atoms with E-state index in [0.717, 1.165) is 5.56 Å². The van der Waals surface area contributed by atoms with E-state index in [1.165, 1.54) is 0 Å². The summed E-state index contributed by atoms with van der Waals surface area (Å²) in [4.78, 5) is 35.6. The lowest BCUT2D eigenvalue weighted by molar-refractivity contribution is -0.137. The van der Waals surface area contributed by atoms with Crippen LogP contribution in [0.1, 0.15) is 52.0 Å². The van der Waals surface area contributed by atoms with E-state index in [4.69, 9.17) is 5.11 Å². The minimum atomic E-state index is -0.841. The number of carboxylic acids is 1. The van der Waals surface area contributed by atoms with Crippen LogP contribution in [-0.4, -0.2) is 33.8 Å². The molecule has 2 amide bonds. The molecule has 0 aliphatic heterocycles. The molecule has 0 bridgehead atoms. The van der Waals surface area contributed by atoms with Crippen LogP contribution in [0.4, 0.5) is 5.69 Å². The summed E-state index contributed by atoms with van der Waals surface area (Å²) >= 11 is 0. The fourth-order valence-electron chi connectivity index (χ4n) is 2.33. The van der Waals surface area contributed by atoms with Crippen LogP contribution >= 0.6 is 0 Å². The number of unbranched alkanes of at least 4 members (excludes halogenated alkanes) is 1. The van der Waals surface area contributed by atoms with Crippen molar-refractivity contribution in [2.24, 2.45) is 0 Å². The third kappa shape index (κ3) is 7.26. The fraction of sp³-hybridized carbons (Fsp3) is 0.500. The van der Waals surface area contributed by atoms with Crippen molar-refractivity contribution in [1.29, 1.82) is 0 Å². The van der Waals surface area contributed by atoms with Crippen LogP contribution in [0.5, 0.6) is 0 Å². The number of nitrogens with zero attached hydrogens (tertiary/aromatic N) is 1. The average Bonchev–Trinajstić information content (AvgIpc) is 2.50. The van der Waals surface area contributed by atoms with Crippen molar-refractivity contribution in [3.05, 3.63) is 29.8 Å². The number of benzene rings is 1. The van der Waals surface area contributed by atoms with Gasteiger partial charge < -0.3 is 15.3 Å². The summed E-state index contributed by atoms with van der Waals surface area (Å²) in [5, 5.41) is 11.3. The lowest BCUT2D eigenvalue weighted by Gasteiger charge is -2.25. The van der Waals surface area contributed by atoms with Crippen molar-refractivity contribution in [2.45, 2.75) is 59.0 Å². The molecule has 6 nitrogen and oxygen atoms in total. The molecule has 0 heterocycles. The first-order valence-electron chi connectivity index (χ1n) is 8.17. The van der Waals surface area contributed by atoms with Crippen LogP contribution in [0.2, 0.25) is 0 Å². The Balaban J connectivity index is 2.48. The Kier molecular flexibility index (Phi) is 7.95. The molecule has 1 rings (SSSR count). The number of hydrogen-bond acceptors (Lipinski definition) is 3. The molecule has 1 aromatic carbocycles. The molecule has 132 valence electrons. The number of amides is 2. The molecule has 0 fully saturated rings. The maximum Gasteiger partial charge on any atom is 0.303 e. The Morgan fingerprint density at radius 3 is 2.17 bits per heavy atom. The zero-order chi connectivity index (χ0) is 18.1. The monoisotopic (exact) mass is 334 g/mol. The first kappa shape index (κ1) is 19.7. The van der Waals surface area contributed by atoms with E-state index < -0.39 is 5.97 Å². The van der Waals surface area contributed by atoms with Crippen LogP contribution in [-0.2, 0) is 20.9 Å². The Hall–Kier alpha value is -2.37. The van der Waals surface area contributed by atoms with Gasteiger partial charge in [0.1, 0.15) is 0 Å². The molecule has 6 heteroatoms. The van der Waals surface area contributed by atoms with Crippen molar-refractivity contribution >= 4 is 23.5 Å². The van der Waals surface area contributed by atoms with Crippen LogP contribution in [0, 0.1) is 0 Å². The van der Waals surface area contributed by atoms with Crippen molar-refractivity contribution < 1.29 is 19.5 Å². The quantitative estimate of drug-likeness (QED) is 0.680. The SMILES string of the molecule is CC(=O)N(Cc1ccc(NC(=O)CCCCC(=O)O)cc1)C(C)C. The molecule has 0 saturated heterocycles. The zero-order valence-corrected chi connectivity index (χ0v) is 14.5. The van der Waals surface area contributed by atoms with Crippen molar-refractivity contribution in [1.82, 2.24) is 4.90 Å². The normalized spacial score (nSPS) is 10.5. The summed E-state index contributed by atoms with van der Waals surface area (Å²) in [5.74, 6) is -0.934. The predicted octanol–water partition coefficient (Wildman–Crippen LogP) is 3.03. The summed E-state index contributed by atoms with van der Waals surface area (Å²) in [5.41, 5.74) is 1.69. The first-order valence-corrected chi connectivity index (χ1v) is 8.17. The number of carboxylic acid groups (broad SMARTS) is 1. The first-order chi connectivity index (χ1) is 11.3. The number of aliphatic carboxylic acids is 1. The number of nitrogens with one attached hydrogen (secondary N) is 1. The van der Waals surface area contributed by atoms with Crippen molar-refractivity contribution in [2.75, 3.05) is 5.32 Å². The third-order valence-electron chi connectivity index (χ3n) is 3.66. The standard InChI is InChI=1S/C18H26N2O4/c1-13(2)20(14(3)21)12-15-8-10-16(11-9-15)19-17(22)6-4-5-7-18(23)24/h8-11,13H,4-7,12H2,1-3H3,(H,19,22)(H,23,24). The van der Waals surface area contributed by atoms with Gasteiger partial charge in [-0.3, -0.25) is 14.4 Å². The maximum atomic E-state index is 11.8. The maximum absolute atomic E-state index is 11.8. The highest BCUT2D eigenvalue weighted by molar-refractivity contribution is 5.90. The van der Waals surface area contributed by atoms with Gasteiger partial charge in [-0.05, 0) is 44.4 Å². The van der Waals surface area contributed by atoms with Gasteiger partial charge in [0.05, 0.1) is 0 Å². The Morgan fingerprint density at radius 1 is 1.08 bits per heavy atom.